The number of carbonyl (C=O) groups is 1. The van der Waals surface area contributed by atoms with Gasteiger partial charge in [-0.3, -0.25) is 4.98 Å². The summed E-state index contributed by atoms with van der Waals surface area (Å²) in [5, 5.41) is 44.8. The van der Waals surface area contributed by atoms with Gasteiger partial charge in [-0.05, 0) is 47.7 Å². The molecular weight excluding hydrogens is 553 g/mol. The monoisotopic (exact) mass is 575 g/mol. The second-order valence-corrected chi connectivity index (χ2v) is 9.84. The zero-order chi connectivity index (χ0) is 26.5. The number of fused-ring (bicyclic) bond motifs is 1. The second-order valence-electron chi connectivity index (χ2n) is 9.05. The van der Waals surface area contributed by atoms with Gasteiger partial charge in [-0.1, -0.05) is 6.07 Å². The van der Waals surface area contributed by atoms with Crippen LogP contribution < -0.4 is 5.73 Å². The summed E-state index contributed by atoms with van der Waals surface area (Å²) in [5.41, 5.74) is 9.91. The standard InChI is InChI=1S/C23H23BrFN7O5/c24-17-19(12-3-1-11(2-4-12)18(25)22(33)34)30-21-15(9-29-32(21)20(17)26)13-5-6-16(27-7-13)14-8-28-31(10-14)23(35,36)37/h5-12,18,35-37H,1-4,26H2,(H,33,34). The molecule has 5 rings (SSSR count). The van der Waals surface area contributed by atoms with Gasteiger partial charge < -0.3 is 26.2 Å². The third-order valence-corrected chi connectivity index (χ3v) is 7.53. The van der Waals surface area contributed by atoms with E-state index in [0.717, 1.165) is 0 Å². The van der Waals surface area contributed by atoms with Crippen molar-refractivity contribution in [3.63, 3.8) is 0 Å². The molecule has 1 saturated carbocycles. The van der Waals surface area contributed by atoms with Crippen LogP contribution in [-0.4, -0.2) is 61.9 Å². The number of carboxylic acids is 1. The van der Waals surface area contributed by atoms with Crippen molar-refractivity contribution in [1.29, 1.82) is 0 Å². The topological polar surface area (TPSA) is 185 Å². The number of alkyl halides is 1. The molecule has 37 heavy (non-hydrogen) atoms. The number of hydrogen-bond donors (Lipinski definition) is 5. The lowest BCUT2D eigenvalue weighted by molar-refractivity contribution is -0.380. The number of hydrogen-bond acceptors (Lipinski definition) is 9. The predicted octanol–water partition coefficient (Wildman–Crippen LogP) is 2.24. The zero-order valence-electron chi connectivity index (χ0n) is 19.2. The number of aliphatic hydroxyl groups is 3. The Morgan fingerprint density at radius 2 is 1.84 bits per heavy atom. The highest BCUT2D eigenvalue weighted by Crippen LogP contribution is 2.42. The molecule has 194 valence electrons. The normalized spacial score (nSPS) is 19.3. The number of nitrogens with zero attached hydrogens (tertiary/aromatic N) is 6. The molecule has 0 saturated heterocycles. The Hall–Kier alpha value is -3.46. The predicted molar refractivity (Wildman–Crippen MR) is 131 cm³/mol. The number of rotatable bonds is 6. The molecule has 1 unspecified atom stereocenters. The van der Waals surface area contributed by atoms with Gasteiger partial charge in [0, 0.05) is 40.9 Å². The van der Waals surface area contributed by atoms with Gasteiger partial charge in [-0.15, -0.1) is 0 Å². The third-order valence-electron chi connectivity index (χ3n) is 6.72. The van der Waals surface area contributed by atoms with Crippen LogP contribution in [0.4, 0.5) is 10.2 Å². The lowest BCUT2D eigenvalue weighted by Gasteiger charge is -2.29. The molecule has 0 radical (unpaired) electrons. The number of carboxylic acid groups (broad SMARTS) is 1. The molecule has 1 aliphatic carbocycles. The van der Waals surface area contributed by atoms with Crippen LogP contribution in [-0.2, 0) is 10.9 Å². The van der Waals surface area contributed by atoms with Crippen LogP contribution >= 0.6 is 15.9 Å². The lowest BCUT2D eigenvalue weighted by Crippen LogP contribution is -2.32. The van der Waals surface area contributed by atoms with E-state index in [-0.39, 0.29) is 5.92 Å². The first-order chi connectivity index (χ1) is 17.5. The first kappa shape index (κ1) is 25.2. The van der Waals surface area contributed by atoms with Crippen LogP contribution in [0.5, 0.6) is 0 Å². The Kier molecular flexibility index (Phi) is 6.43. The fourth-order valence-corrected chi connectivity index (χ4v) is 5.30. The Morgan fingerprint density at radius 1 is 1.11 bits per heavy atom. The first-order valence-corrected chi connectivity index (χ1v) is 12.2. The summed E-state index contributed by atoms with van der Waals surface area (Å²) in [6.45, 7) is 0. The van der Waals surface area contributed by atoms with Crippen molar-refractivity contribution in [2.24, 2.45) is 5.92 Å². The molecule has 6 N–H and O–H groups in total. The molecule has 12 nitrogen and oxygen atoms in total. The quantitative estimate of drug-likeness (QED) is 0.213. The maximum atomic E-state index is 14.0. The SMILES string of the molecule is Nc1c(Br)c(C2CCC(C(F)C(=O)O)CC2)nc2c(-c3ccc(-c4cnn(C(O)(O)O)c4)nc3)cnn12. The average Bonchev–Trinajstić information content (AvgIpc) is 3.54. The zero-order valence-corrected chi connectivity index (χ0v) is 20.8. The van der Waals surface area contributed by atoms with Crippen LogP contribution in [0.2, 0.25) is 0 Å². The van der Waals surface area contributed by atoms with Crippen LogP contribution in [0, 0.1) is 5.92 Å². The minimum Gasteiger partial charge on any atom is -0.479 e. The third kappa shape index (κ3) is 4.68. The van der Waals surface area contributed by atoms with E-state index in [1.807, 2.05) is 0 Å². The van der Waals surface area contributed by atoms with Crippen molar-refractivity contribution in [3.05, 3.63) is 47.1 Å². The Bertz CT molecular complexity index is 1460. The van der Waals surface area contributed by atoms with E-state index in [4.69, 9.17) is 15.8 Å². The van der Waals surface area contributed by atoms with E-state index in [0.29, 0.717) is 74.4 Å². The summed E-state index contributed by atoms with van der Waals surface area (Å²) in [5.74, 6) is -1.59. The molecule has 0 amide bonds. The van der Waals surface area contributed by atoms with Gasteiger partial charge in [0.15, 0.2) is 11.8 Å². The summed E-state index contributed by atoms with van der Waals surface area (Å²) in [4.78, 5) is 20.3. The maximum Gasteiger partial charge on any atom is 0.389 e. The fraction of sp³-hybridized carbons (Fsp3) is 0.348. The minimum absolute atomic E-state index is 0.0181. The number of nitrogen functional groups attached to an aromatic ring is 1. The number of aromatic nitrogens is 6. The number of pyridine rings is 1. The van der Waals surface area contributed by atoms with Gasteiger partial charge in [-0.2, -0.15) is 19.4 Å². The smallest absolute Gasteiger partial charge is 0.389 e. The van der Waals surface area contributed by atoms with E-state index in [1.165, 1.54) is 16.9 Å². The van der Waals surface area contributed by atoms with Crippen LogP contribution in [0.15, 0.2) is 41.4 Å². The van der Waals surface area contributed by atoms with Crippen molar-refractivity contribution in [1.82, 2.24) is 29.4 Å². The largest absolute Gasteiger partial charge is 0.479 e. The highest BCUT2D eigenvalue weighted by atomic mass is 79.9. The van der Waals surface area contributed by atoms with E-state index < -0.39 is 24.2 Å². The second kappa shape index (κ2) is 9.45. The van der Waals surface area contributed by atoms with Crippen molar-refractivity contribution in [2.45, 2.75) is 43.9 Å². The minimum atomic E-state index is -3.12. The average molecular weight is 576 g/mol. The molecule has 1 aliphatic rings. The van der Waals surface area contributed by atoms with Crippen LogP contribution in [0.3, 0.4) is 0 Å². The van der Waals surface area contributed by atoms with Gasteiger partial charge in [-0.25, -0.2) is 14.2 Å². The molecule has 1 atom stereocenters. The van der Waals surface area contributed by atoms with Gasteiger partial charge in [0.1, 0.15) is 5.82 Å². The maximum absolute atomic E-state index is 14.0. The fourth-order valence-electron chi connectivity index (χ4n) is 4.72. The number of anilines is 1. The van der Waals surface area contributed by atoms with Crippen LogP contribution in [0.1, 0.15) is 37.3 Å². The molecule has 4 aromatic rings. The van der Waals surface area contributed by atoms with Crippen LogP contribution in [0.25, 0.3) is 28.0 Å². The summed E-state index contributed by atoms with van der Waals surface area (Å²) < 4.78 is 16.7. The highest BCUT2D eigenvalue weighted by molar-refractivity contribution is 9.10. The summed E-state index contributed by atoms with van der Waals surface area (Å²) in [6, 6.07) is 3.49. The Balaban J connectivity index is 1.44. The van der Waals surface area contributed by atoms with Gasteiger partial charge in [0.05, 0.1) is 28.3 Å². The Morgan fingerprint density at radius 3 is 2.43 bits per heavy atom. The lowest BCUT2D eigenvalue weighted by atomic mass is 9.78. The van der Waals surface area contributed by atoms with E-state index in [9.17, 15) is 24.5 Å². The summed E-state index contributed by atoms with van der Waals surface area (Å²) in [6.07, 6.45) is 2.87. The molecule has 0 aromatic carbocycles. The number of aliphatic carboxylic acids is 1. The van der Waals surface area contributed by atoms with E-state index in [2.05, 4.69) is 31.1 Å². The van der Waals surface area contributed by atoms with Crippen molar-refractivity contribution in [2.75, 3.05) is 5.73 Å². The van der Waals surface area contributed by atoms with E-state index in [1.54, 1.807) is 24.5 Å². The molecule has 14 heteroatoms. The first-order valence-electron chi connectivity index (χ1n) is 11.4. The molecule has 4 heterocycles. The molecule has 0 bridgehead atoms. The van der Waals surface area contributed by atoms with Crippen molar-refractivity contribution >= 4 is 33.4 Å². The van der Waals surface area contributed by atoms with E-state index >= 15 is 0 Å². The van der Waals surface area contributed by atoms with Gasteiger partial charge >= 0.3 is 12.1 Å². The Labute approximate surface area is 217 Å². The van der Waals surface area contributed by atoms with Crippen molar-refractivity contribution in [3.8, 4) is 22.4 Å². The summed E-state index contributed by atoms with van der Waals surface area (Å²) >= 11 is 3.53. The number of halogens is 2. The van der Waals surface area contributed by atoms with Gasteiger partial charge in [0.25, 0.3) is 0 Å². The molecule has 1 fully saturated rings. The molecule has 0 spiro atoms. The van der Waals surface area contributed by atoms with Gasteiger partial charge in [0.2, 0.25) is 0 Å². The van der Waals surface area contributed by atoms with Crippen molar-refractivity contribution < 1.29 is 29.6 Å². The summed E-state index contributed by atoms with van der Waals surface area (Å²) in [7, 11) is 0. The number of nitrogens with two attached hydrogens (primary N) is 1. The molecule has 0 aliphatic heterocycles. The molecule has 4 aromatic heterocycles. The molecular formula is C23H23BrFN7O5. The highest BCUT2D eigenvalue weighted by Gasteiger charge is 2.34.